The second-order valence-corrected chi connectivity index (χ2v) is 5.22. The fourth-order valence-corrected chi connectivity index (χ4v) is 1.68. The van der Waals surface area contributed by atoms with E-state index in [9.17, 15) is 21.6 Å². The molecule has 1 N–H and O–H groups in total. The molecular formula is C7H4ClF3O3S. The molecule has 0 atom stereocenters. The van der Waals surface area contributed by atoms with Gasteiger partial charge in [0.15, 0.2) is 0 Å². The number of hydrogen-bond donors (Lipinski definition) is 1. The van der Waals surface area contributed by atoms with Crippen molar-refractivity contribution < 1.29 is 26.7 Å². The molecule has 0 bridgehead atoms. The van der Waals surface area contributed by atoms with Crippen molar-refractivity contribution >= 4 is 19.7 Å². The average molecular weight is 261 g/mol. The third-order valence-electron chi connectivity index (χ3n) is 1.50. The van der Waals surface area contributed by atoms with Crippen molar-refractivity contribution in [1.29, 1.82) is 0 Å². The van der Waals surface area contributed by atoms with Gasteiger partial charge in [-0.3, -0.25) is 0 Å². The molecular weight excluding hydrogens is 257 g/mol. The smallest absolute Gasteiger partial charge is 0.416 e. The Bertz CT molecular complexity index is 481. The largest absolute Gasteiger partial charge is 0.508 e. The van der Waals surface area contributed by atoms with Crippen molar-refractivity contribution in [3.8, 4) is 5.75 Å². The maximum absolute atomic E-state index is 12.2. The molecule has 1 aromatic carbocycles. The van der Waals surface area contributed by atoms with Crippen LogP contribution >= 0.6 is 10.7 Å². The van der Waals surface area contributed by atoms with Crippen LogP contribution < -0.4 is 0 Å². The Kier molecular flexibility index (Phi) is 2.88. The highest BCUT2D eigenvalue weighted by molar-refractivity contribution is 8.13. The molecule has 0 aliphatic carbocycles. The van der Waals surface area contributed by atoms with E-state index in [-0.39, 0.29) is 0 Å². The number of phenols is 1. The normalized spacial score (nSPS) is 12.8. The van der Waals surface area contributed by atoms with Gasteiger partial charge in [0.05, 0.1) is 10.5 Å². The molecule has 3 nitrogen and oxygen atoms in total. The molecule has 8 heteroatoms. The van der Waals surface area contributed by atoms with Crippen LogP contribution in [0.4, 0.5) is 13.2 Å². The Labute approximate surface area is 87.5 Å². The van der Waals surface area contributed by atoms with Gasteiger partial charge in [-0.25, -0.2) is 8.42 Å². The third-order valence-corrected chi connectivity index (χ3v) is 2.83. The molecule has 1 rings (SSSR count). The van der Waals surface area contributed by atoms with Crippen LogP contribution in [0.2, 0.25) is 0 Å². The van der Waals surface area contributed by atoms with Crippen LogP contribution in [0.25, 0.3) is 0 Å². The zero-order valence-corrected chi connectivity index (χ0v) is 8.49. The molecule has 0 spiro atoms. The highest BCUT2D eigenvalue weighted by atomic mass is 35.7. The average Bonchev–Trinajstić information content (AvgIpc) is 1.99. The standard InChI is InChI=1S/C7H4ClF3O3S/c8-15(13,14)6-2-4(7(9,10)11)1-5(12)3-6/h1-3,12H. The Morgan fingerprint density at radius 1 is 1.20 bits per heavy atom. The van der Waals surface area contributed by atoms with Crippen LogP contribution in [0.3, 0.4) is 0 Å². The van der Waals surface area contributed by atoms with E-state index in [0.717, 1.165) is 0 Å². The van der Waals surface area contributed by atoms with Crippen LogP contribution in [-0.2, 0) is 15.2 Å². The zero-order valence-electron chi connectivity index (χ0n) is 6.92. The van der Waals surface area contributed by atoms with Gasteiger partial charge in [0, 0.05) is 10.7 Å². The first kappa shape index (κ1) is 12.1. The summed E-state index contributed by atoms with van der Waals surface area (Å²) >= 11 is 0. The first-order valence-electron chi connectivity index (χ1n) is 3.46. The number of halogens is 4. The molecule has 0 aromatic heterocycles. The Hall–Kier alpha value is -0.950. The Morgan fingerprint density at radius 2 is 1.73 bits per heavy atom. The topological polar surface area (TPSA) is 54.4 Å². The molecule has 0 saturated carbocycles. The van der Waals surface area contributed by atoms with E-state index in [1.807, 2.05) is 0 Å². The number of phenolic OH excluding ortho intramolecular Hbond substituents is 1. The molecule has 0 saturated heterocycles. The molecule has 0 heterocycles. The fourth-order valence-electron chi connectivity index (χ4n) is 0.888. The lowest BCUT2D eigenvalue weighted by atomic mass is 10.2. The maximum atomic E-state index is 12.2. The van der Waals surface area contributed by atoms with Crippen molar-refractivity contribution in [3.05, 3.63) is 23.8 Å². The van der Waals surface area contributed by atoms with Crippen molar-refractivity contribution in [2.75, 3.05) is 0 Å². The number of alkyl halides is 3. The van der Waals surface area contributed by atoms with Crippen molar-refractivity contribution in [1.82, 2.24) is 0 Å². The van der Waals surface area contributed by atoms with Gasteiger partial charge < -0.3 is 5.11 Å². The molecule has 84 valence electrons. The SMILES string of the molecule is O=S(=O)(Cl)c1cc(O)cc(C(F)(F)F)c1. The molecule has 0 unspecified atom stereocenters. The summed E-state index contributed by atoms with van der Waals surface area (Å²) in [6.45, 7) is 0. The summed E-state index contributed by atoms with van der Waals surface area (Å²) < 4.78 is 58.1. The van der Waals surface area contributed by atoms with Crippen LogP contribution in [0.15, 0.2) is 23.1 Å². The van der Waals surface area contributed by atoms with E-state index in [4.69, 9.17) is 15.8 Å². The minimum atomic E-state index is -4.74. The minimum Gasteiger partial charge on any atom is -0.508 e. The van der Waals surface area contributed by atoms with Crippen LogP contribution in [-0.4, -0.2) is 13.5 Å². The first-order valence-corrected chi connectivity index (χ1v) is 5.77. The lowest BCUT2D eigenvalue weighted by Crippen LogP contribution is -2.06. The Morgan fingerprint density at radius 3 is 2.13 bits per heavy atom. The lowest BCUT2D eigenvalue weighted by Gasteiger charge is -2.08. The lowest BCUT2D eigenvalue weighted by molar-refractivity contribution is -0.137. The highest BCUT2D eigenvalue weighted by Crippen LogP contribution is 2.34. The van der Waals surface area contributed by atoms with Gasteiger partial charge in [0.2, 0.25) is 0 Å². The summed E-state index contributed by atoms with van der Waals surface area (Å²) in [6.07, 6.45) is -4.74. The van der Waals surface area contributed by atoms with E-state index < -0.39 is 31.4 Å². The van der Waals surface area contributed by atoms with Gasteiger partial charge in [-0.05, 0) is 18.2 Å². The second-order valence-electron chi connectivity index (χ2n) is 2.65. The van der Waals surface area contributed by atoms with E-state index >= 15 is 0 Å². The fraction of sp³-hybridized carbons (Fsp3) is 0.143. The molecule has 15 heavy (non-hydrogen) atoms. The monoisotopic (exact) mass is 260 g/mol. The molecule has 0 fully saturated rings. The predicted molar refractivity (Wildman–Crippen MR) is 46.1 cm³/mol. The van der Waals surface area contributed by atoms with E-state index in [1.54, 1.807) is 0 Å². The van der Waals surface area contributed by atoms with Crippen molar-refractivity contribution in [2.24, 2.45) is 0 Å². The van der Waals surface area contributed by atoms with Crippen LogP contribution in [0.5, 0.6) is 5.75 Å². The van der Waals surface area contributed by atoms with Crippen molar-refractivity contribution in [3.63, 3.8) is 0 Å². The Balaban J connectivity index is 3.43. The molecule has 0 radical (unpaired) electrons. The summed E-state index contributed by atoms with van der Waals surface area (Å²) in [6, 6.07) is 1.39. The van der Waals surface area contributed by atoms with Gasteiger partial charge in [0.25, 0.3) is 9.05 Å². The van der Waals surface area contributed by atoms with Crippen LogP contribution in [0, 0.1) is 0 Å². The van der Waals surface area contributed by atoms with Gasteiger partial charge in [-0.15, -0.1) is 0 Å². The third kappa shape index (κ3) is 3.00. The zero-order chi connectivity index (χ0) is 11.9. The quantitative estimate of drug-likeness (QED) is 0.789. The summed E-state index contributed by atoms with van der Waals surface area (Å²) in [5.41, 5.74) is -1.28. The number of hydrogen-bond acceptors (Lipinski definition) is 3. The summed E-state index contributed by atoms with van der Waals surface area (Å²) in [5, 5.41) is 8.90. The predicted octanol–water partition coefficient (Wildman–Crippen LogP) is 2.34. The van der Waals surface area contributed by atoms with Crippen LogP contribution in [0.1, 0.15) is 5.56 Å². The molecule has 0 amide bonds. The van der Waals surface area contributed by atoms with Crippen molar-refractivity contribution in [2.45, 2.75) is 11.1 Å². The van der Waals surface area contributed by atoms with E-state index in [0.29, 0.717) is 18.2 Å². The van der Waals surface area contributed by atoms with Gasteiger partial charge in [-0.1, -0.05) is 0 Å². The molecule has 0 aliphatic rings. The van der Waals surface area contributed by atoms with E-state index in [2.05, 4.69) is 0 Å². The number of aromatic hydroxyl groups is 1. The van der Waals surface area contributed by atoms with E-state index in [1.165, 1.54) is 0 Å². The van der Waals surface area contributed by atoms with Gasteiger partial charge >= 0.3 is 6.18 Å². The summed E-state index contributed by atoms with van der Waals surface area (Å²) in [5.74, 6) is -0.816. The number of rotatable bonds is 1. The molecule has 0 aliphatic heterocycles. The minimum absolute atomic E-state index is 0.349. The van der Waals surface area contributed by atoms with Gasteiger partial charge in [0.1, 0.15) is 5.75 Å². The summed E-state index contributed by atoms with van der Waals surface area (Å²) in [7, 11) is 0.550. The molecule has 1 aromatic rings. The maximum Gasteiger partial charge on any atom is 0.416 e. The number of benzene rings is 1. The first-order chi connectivity index (χ1) is 6.60. The highest BCUT2D eigenvalue weighted by Gasteiger charge is 2.32. The second kappa shape index (κ2) is 3.57. The summed E-state index contributed by atoms with van der Waals surface area (Å²) in [4.78, 5) is -0.795. The van der Waals surface area contributed by atoms with Gasteiger partial charge in [-0.2, -0.15) is 13.2 Å².